The van der Waals surface area contributed by atoms with E-state index in [2.05, 4.69) is 47.2 Å². The van der Waals surface area contributed by atoms with Gasteiger partial charge in [-0.15, -0.1) is 11.8 Å². The molecule has 0 aliphatic heterocycles. The second kappa shape index (κ2) is 9.33. The van der Waals surface area contributed by atoms with Crippen molar-refractivity contribution in [3.8, 4) is 0 Å². The van der Waals surface area contributed by atoms with Crippen LogP contribution in [0.25, 0.3) is 0 Å². The first-order chi connectivity index (χ1) is 11.1. The van der Waals surface area contributed by atoms with Gasteiger partial charge in [-0.2, -0.15) is 0 Å². The fourth-order valence-electron chi connectivity index (χ4n) is 3.45. The molecule has 1 aliphatic rings. The number of amides is 1. The predicted molar refractivity (Wildman–Crippen MR) is 98.8 cm³/mol. The lowest BCUT2D eigenvalue weighted by molar-refractivity contribution is -0.135. The van der Waals surface area contributed by atoms with Gasteiger partial charge in [0.1, 0.15) is 0 Å². The minimum absolute atomic E-state index is 0.280. The first kappa shape index (κ1) is 18.3. The highest BCUT2D eigenvalue weighted by Gasteiger charge is 2.24. The molecule has 0 spiro atoms. The molecule has 0 radical (unpaired) electrons. The van der Waals surface area contributed by atoms with Gasteiger partial charge in [-0.3, -0.25) is 9.69 Å². The van der Waals surface area contributed by atoms with Gasteiger partial charge >= 0.3 is 0 Å². The molecule has 0 aromatic heterocycles. The predicted octanol–water partition coefficient (Wildman–Crippen LogP) is 4.02. The largest absolute Gasteiger partial charge is 0.339 e. The van der Waals surface area contributed by atoms with Crippen LogP contribution >= 0.6 is 11.8 Å². The Morgan fingerprint density at radius 2 is 1.83 bits per heavy atom. The van der Waals surface area contributed by atoms with Crippen molar-refractivity contribution in [3.63, 3.8) is 0 Å². The van der Waals surface area contributed by atoms with Crippen LogP contribution in [-0.2, 0) is 11.3 Å². The third-order valence-corrected chi connectivity index (χ3v) is 5.44. The topological polar surface area (TPSA) is 23.6 Å². The number of likely N-dealkylation sites (N-methyl/N-ethyl adjacent to an activating group) is 2. The van der Waals surface area contributed by atoms with Gasteiger partial charge in [-0.25, -0.2) is 0 Å². The van der Waals surface area contributed by atoms with E-state index >= 15 is 0 Å². The Morgan fingerprint density at radius 1 is 1.17 bits per heavy atom. The first-order valence-electron chi connectivity index (χ1n) is 8.75. The van der Waals surface area contributed by atoms with E-state index in [1.54, 1.807) is 11.8 Å². The van der Waals surface area contributed by atoms with Crippen LogP contribution < -0.4 is 0 Å². The smallest absolute Gasteiger partial charge is 0.236 e. The minimum Gasteiger partial charge on any atom is -0.339 e. The number of rotatable bonds is 7. The molecule has 1 aromatic rings. The van der Waals surface area contributed by atoms with Gasteiger partial charge in [0.05, 0.1) is 6.54 Å². The van der Waals surface area contributed by atoms with E-state index in [4.69, 9.17) is 0 Å². The normalized spacial score (nSPS) is 15.8. The van der Waals surface area contributed by atoms with Gasteiger partial charge in [0.2, 0.25) is 5.91 Å². The maximum atomic E-state index is 12.7. The lowest BCUT2D eigenvalue weighted by Crippen LogP contribution is -2.45. The monoisotopic (exact) mass is 334 g/mol. The lowest BCUT2D eigenvalue weighted by Gasteiger charge is -2.34. The van der Waals surface area contributed by atoms with Gasteiger partial charge in [-0.1, -0.05) is 31.4 Å². The summed E-state index contributed by atoms with van der Waals surface area (Å²) in [5, 5.41) is 0. The van der Waals surface area contributed by atoms with E-state index in [1.807, 2.05) is 7.05 Å². The summed E-state index contributed by atoms with van der Waals surface area (Å²) in [6, 6.07) is 9.08. The maximum Gasteiger partial charge on any atom is 0.236 e. The molecule has 2 rings (SSSR count). The number of nitrogens with zero attached hydrogens (tertiary/aromatic N) is 2. The molecule has 0 saturated heterocycles. The first-order valence-corrected chi connectivity index (χ1v) is 9.97. The number of hydrogen-bond acceptors (Lipinski definition) is 3. The second-order valence-electron chi connectivity index (χ2n) is 6.49. The fraction of sp³-hybridized carbons (Fsp3) is 0.632. The second-order valence-corrected chi connectivity index (χ2v) is 7.37. The highest BCUT2D eigenvalue weighted by atomic mass is 32.2. The summed E-state index contributed by atoms with van der Waals surface area (Å²) < 4.78 is 0. The van der Waals surface area contributed by atoms with Crippen molar-refractivity contribution < 1.29 is 4.79 Å². The molecule has 128 valence electrons. The van der Waals surface area contributed by atoms with Crippen LogP contribution in [0.4, 0.5) is 0 Å². The molecule has 1 saturated carbocycles. The quantitative estimate of drug-likeness (QED) is 0.704. The molecule has 0 bridgehead atoms. The number of carbonyl (C=O) groups excluding carboxylic acids is 1. The minimum atomic E-state index is 0.280. The zero-order chi connectivity index (χ0) is 16.7. The Bertz CT molecular complexity index is 483. The summed E-state index contributed by atoms with van der Waals surface area (Å²) in [6.45, 7) is 4.27. The van der Waals surface area contributed by atoms with Crippen LogP contribution in [0.15, 0.2) is 29.2 Å². The Hall–Kier alpha value is -1.00. The van der Waals surface area contributed by atoms with Crippen LogP contribution in [0.3, 0.4) is 0 Å². The highest BCUT2D eigenvalue weighted by molar-refractivity contribution is 7.98. The number of thioether (sulfide) groups is 1. The number of benzene rings is 1. The summed E-state index contributed by atoms with van der Waals surface area (Å²) >= 11 is 1.76. The van der Waals surface area contributed by atoms with E-state index in [0.717, 1.165) is 13.1 Å². The van der Waals surface area contributed by atoms with Crippen molar-refractivity contribution in [2.75, 3.05) is 26.4 Å². The van der Waals surface area contributed by atoms with E-state index in [0.29, 0.717) is 12.6 Å². The molecule has 1 amide bonds. The van der Waals surface area contributed by atoms with Crippen molar-refractivity contribution >= 4 is 17.7 Å². The third kappa shape index (κ3) is 5.54. The molecular formula is C19H30N2OS. The number of hydrogen-bond donors (Lipinski definition) is 0. The Kier molecular flexibility index (Phi) is 7.44. The summed E-state index contributed by atoms with van der Waals surface area (Å²) in [4.78, 5) is 18.2. The van der Waals surface area contributed by atoms with Crippen molar-refractivity contribution in [2.45, 2.75) is 56.5 Å². The molecule has 0 heterocycles. The standard InChI is InChI=1S/C19H30N2OS/c1-4-21(17-8-6-5-7-9-17)19(22)15-20(2)14-16-10-12-18(23-3)13-11-16/h10-13,17H,4-9,14-15H2,1-3H3. The van der Waals surface area contributed by atoms with Gasteiger partial charge in [-0.05, 0) is 50.8 Å². The van der Waals surface area contributed by atoms with Crippen molar-refractivity contribution in [2.24, 2.45) is 0 Å². The molecule has 4 heteroatoms. The third-order valence-electron chi connectivity index (χ3n) is 4.69. The van der Waals surface area contributed by atoms with Gasteiger partial charge in [0.15, 0.2) is 0 Å². The van der Waals surface area contributed by atoms with Crippen molar-refractivity contribution in [1.29, 1.82) is 0 Å². The molecule has 0 atom stereocenters. The van der Waals surface area contributed by atoms with E-state index in [1.165, 1.54) is 42.6 Å². The van der Waals surface area contributed by atoms with E-state index < -0.39 is 0 Å². The lowest BCUT2D eigenvalue weighted by atomic mass is 9.94. The van der Waals surface area contributed by atoms with Crippen LogP contribution in [0.2, 0.25) is 0 Å². The molecule has 1 aliphatic carbocycles. The number of carbonyl (C=O) groups is 1. The van der Waals surface area contributed by atoms with Crippen LogP contribution in [0, 0.1) is 0 Å². The summed E-state index contributed by atoms with van der Waals surface area (Å²) in [6.07, 6.45) is 8.32. The average molecular weight is 335 g/mol. The molecule has 0 N–H and O–H groups in total. The Labute approximate surface area is 145 Å². The molecule has 0 unspecified atom stereocenters. The molecular weight excluding hydrogens is 304 g/mol. The Morgan fingerprint density at radius 3 is 2.39 bits per heavy atom. The van der Waals surface area contributed by atoms with Crippen molar-refractivity contribution in [1.82, 2.24) is 9.80 Å². The van der Waals surface area contributed by atoms with Crippen LogP contribution in [0.1, 0.15) is 44.6 Å². The maximum absolute atomic E-state index is 12.7. The van der Waals surface area contributed by atoms with Gasteiger partial charge in [0, 0.05) is 24.0 Å². The molecule has 1 fully saturated rings. The van der Waals surface area contributed by atoms with E-state index in [-0.39, 0.29) is 5.91 Å². The fourth-order valence-corrected chi connectivity index (χ4v) is 3.86. The van der Waals surface area contributed by atoms with Gasteiger partial charge < -0.3 is 4.90 Å². The van der Waals surface area contributed by atoms with Crippen LogP contribution in [-0.4, -0.2) is 48.1 Å². The summed E-state index contributed by atoms with van der Waals surface area (Å²) in [5.74, 6) is 0.280. The van der Waals surface area contributed by atoms with Crippen molar-refractivity contribution in [3.05, 3.63) is 29.8 Å². The molecule has 3 nitrogen and oxygen atoms in total. The summed E-state index contributed by atoms with van der Waals surface area (Å²) in [7, 11) is 2.04. The molecule has 1 aromatic carbocycles. The highest BCUT2D eigenvalue weighted by Crippen LogP contribution is 2.22. The molecule has 23 heavy (non-hydrogen) atoms. The Balaban J connectivity index is 1.86. The van der Waals surface area contributed by atoms with Crippen LogP contribution in [0.5, 0.6) is 0 Å². The average Bonchev–Trinajstić information content (AvgIpc) is 2.57. The zero-order valence-corrected chi connectivity index (χ0v) is 15.6. The zero-order valence-electron chi connectivity index (χ0n) is 14.8. The van der Waals surface area contributed by atoms with Gasteiger partial charge in [0.25, 0.3) is 0 Å². The summed E-state index contributed by atoms with van der Waals surface area (Å²) in [5.41, 5.74) is 1.26. The SMILES string of the molecule is CCN(C(=O)CN(C)Cc1ccc(SC)cc1)C1CCCCC1. The van der Waals surface area contributed by atoms with E-state index in [9.17, 15) is 4.79 Å².